The smallest absolute Gasteiger partial charge is 0.142 e. The summed E-state index contributed by atoms with van der Waals surface area (Å²) in [4.78, 5) is 5.60. The van der Waals surface area contributed by atoms with Crippen molar-refractivity contribution >= 4 is 5.71 Å². The van der Waals surface area contributed by atoms with Crippen molar-refractivity contribution in [3.63, 3.8) is 0 Å². The maximum absolute atomic E-state index is 8.83. The van der Waals surface area contributed by atoms with Crippen molar-refractivity contribution in [1.29, 1.82) is 5.26 Å². The highest BCUT2D eigenvalue weighted by Crippen LogP contribution is 2.36. The molecule has 3 aromatic rings. The van der Waals surface area contributed by atoms with Gasteiger partial charge in [0.1, 0.15) is 12.3 Å². The van der Waals surface area contributed by atoms with Crippen molar-refractivity contribution in [3.05, 3.63) is 95.1 Å². The van der Waals surface area contributed by atoms with Crippen LogP contribution in [0.4, 0.5) is 0 Å². The molecule has 0 fully saturated rings. The first-order valence-corrected chi connectivity index (χ1v) is 7.75. The normalized spacial score (nSPS) is 11.4. The van der Waals surface area contributed by atoms with Gasteiger partial charge in [-0.1, -0.05) is 65.8 Å². The molecule has 1 aliphatic rings. The summed E-state index contributed by atoms with van der Waals surface area (Å²) < 4.78 is 0. The summed E-state index contributed by atoms with van der Waals surface area (Å²) in [5.74, 6) is 0. The van der Waals surface area contributed by atoms with Crippen LogP contribution >= 0.6 is 0 Å². The molecular formula is C21H14N2O. The first-order chi connectivity index (χ1) is 11.9. The number of hydrogen-bond acceptors (Lipinski definition) is 3. The van der Waals surface area contributed by atoms with E-state index in [0.29, 0.717) is 12.2 Å². The van der Waals surface area contributed by atoms with Gasteiger partial charge in [0.15, 0.2) is 0 Å². The fourth-order valence-corrected chi connectivity index (χ4v) is 2.94. The Morgan fingerprint density at radius 3 is 1.83 bits per heavy atom. The number of oxime groups is 1. The Morgan fingerprint density at radius 2 is 1.29 bits per heavy atom. The summed E-state index contributed by atoms with van der Waals surface area (Å²) in [6, 6.07) is 25.9. The highest BCUT2D eigenvalue weighted by Gasteiger charge is 2.24. The minimum atomic E-state index is 0.375. The molecule has 0 aromatic heterocycles. The van der Waals surface area contributed by atoms with Gasteiger partial charge < -0.3 is 4.84 Å². The molecule has 0 saturated carbocycles. The van der Waals surface area contributed by atoms with Gasteiger partial charge in [0, 0.05) is 11.1 Å². The van der Waals surface area contributed by atoms with Crippen molar-refractivity contribution in [1.82, 2.24) is 0 Å². The molecule has 0 saturated heterocycles. The largest absolute Gasteiger partial charge is 0.390 e. The molecule has 0 spiro atoms. The summed E-state index contributed by atoms with van der Waals surface area (Å²) in [5.41, 5.74) is 7.07. The van der Waals surface area contributed by atoms with Crippen molar-refractivity contribution in [3.8, 4) is 17.2 Å². The minimum Gasteiger partial charge on any atom is -0.390 e. The van der Waals surface area contributed by atoms with Crippen molar-refractivity contribution in [2.24, 2.45) is 5.16 Å². The lowest BCUT2D eigenvalue weighted by Crippen LogP contribution is -2.00. The van der Waals surface area contributed by atoms with E-state index in [1.54, 1.807) is 12.1 Å². The molecular weight excluding hydrogens is 296 g/mol. The third kappa shape index (κ3) is 2.45. The Hall–Kier alpha value is -3.38. The van der Waals surface area contributed by atoms with Crippen LogP contribution in [0, 0.1) is 11.3 Å². The molecule has 3 heteroatoms. The van der Waals surface area contributed by atoms with Crippen LogP contribution in [-0.2, 0) is 11.4 Å². The van der Waals surface area contributed by atoms with E-state index in [0.717, 1.165) is 22.4 Å². The van der Waals surface area contributed by atoms with E-state index in [-0.39, 0.29) is 0 Å². The number of rotatable bonds is 3. The van der Waals surface area contributed by atoms with Gasteiger partial charge in [-0.15, -0.1) is 0 Å². The number of nitriles is 1. The molecule has 0 aliphatic heterocycles. The topological polar surface area (TPSA) is 45.4 Å². The highest BCUT2D eigenvalue weighted by atomic mass is 16.6. The zero-order chi connectivity index (χ0) is 16.4. The number of hydrogen-bond donors (Lipinski definition) is 0. The molecule has 4 rings (SSSR count). The fourth-order valence-electron chi connectivity index (χ4n) is 2.94. The molecule has 0 bridgehead atoms. The number of benzene rings is 3. The van der Waals surface area contributed by atoms with Crippen LogP contribution in [-0.4, -0.2) is 5.71 Å². The Balaban J connectivity index is 1.61. The van der Waals surface area contributed by atoms with Crippen LogP contribution in [0.15, 0.2) is 78.0 Å². The van der Waals surface area contributed by atoms with E-state index in [1.807, 2.05) is 36.4 Å². The van der Waals surface area contributed by atoms with E-state index in [1.165, 1.54) is 11.1 Å². The molecule has 24 heavy (non-hydrogen) atoms. The molecule has 0 N–H and O–H groups in total. The van der Waals surface area contributed by atoms with Crippen LogP contribution in [0.1, 0.15) is 22.3 Å². The predicted molar refractivity (Wildman–Crippen MR) is 93.5 cm³/mol. The van der Waals surface area contributed by atoms with Gasteiger partial charge in [0.25, 0.3) is 0 Å². The zero-order valence-corrected chi connectivity index (χ0v) is 12.9. The number of fused-ring (bicyclic) bond motifs is 3. The molecule has 0 heterocycles. The first kappa shape index (κ1) is 14.2. The van der Waals surface area contributed by atoms with E-state index in [4.69, 9.17) is 10.1 Å². The second-order valence-corrected chi connectivity index (χ2v) is 5.61. The molecule has 0 amide bonds. The average Bonchev–Trinajstić information content (AvgIpc) is 2.97. The fraction of sp³-hybridized carbons (Fsp3) is 0.0476. The van der Waals surface area contributed by atoms with E-state index >= 15 is 0 Å². The third-order valence-corrected chi connectivity index (χ3v) is 4.12. The third-order valence-electron chi connectivity index (χ3n) is 4.12. The van der Waals surface area contributed by atoms with Gasteiger partial charge in [0.05, 0.1) is 11.6 Å². The standard InChI is InChI=1S/C21H14N2O/c22-13-15-9-11-16(12-10-15)14-24-23-21-19-7-3-1-5-17(19)18-6-2-4-8-20(18)21/h1-12H,14H2. The van der Waals surface area contributed by atoms with Crippen molar-refractivity contribution < 1.29 is 4.84 Å². The summed E-state index contributed by atoms with van der Waals surface area (Å²) >= 11 is 0. The second kappa shape index (κ2) is 6.02. The molecule has 3 nitrogen and oxygen atoms in total. The average molecular weight is 310 g/mol. The lowest BCUT2D eigenvalue weighted by molar-refractivity contribution is 0.131. The lowest BCUT2D eigenvalue weighted by Gasteiger charge is -2.03. The molecule has 3 aromatic carbocycles. The van der Waals surface area contributed by atoms with Crippen LogP contribution in [0.25, 0.3) is 11.1 Å². The van der Waals surface area contributed by atoms with E-state index in [9.17, 15) is 0 Å². The van der Waals surface area contributed by atoms with Crippen molar-refractivity contribution in [2.45, 2.75) is 6.61 Å². The lowest BCUT2D eigenvalue weighted by atomic mass is 10.1. The molecule has 0 unspecified atom stereocenters. The minimum absolute atomic E-state index is 0.375. The van der Waals surface area contributed by atoms with Gasteiger partial charge in [-0.05, 0) is 28.8 Å². The first-order valence-electron chi connectivity index (χ1n) is 7.75. The van der Waals surface area contributed by atoms with E-state index in [2.05, 4.69) is 35.5 Å². The quantitative estimate of drug-likeness (QED) is 0.523. The monoisotopic (exact) mass is 310 g/mol. The van der Waals surface area contributed by atoms with Gasteiger partial charge in [0.2, 0.25) is 0 Å². The summed E-state index contributed by atoms with van der Waals surface area (Å²) in [6.45, 7) is 0.375. The Bertz CT molecular complexity index is 918. The summed E-state index contributed by atoms with van der Waals surface area (Å²) in [5, 5.41) is 13.2. The van der Waals surface area contributed by atoms with Crippen LogP contribution < -0.4 is 0 Å². The van der Waals surface area contributed by atoms with E-state index < -0.39 is 0 Å². The predicted octanol–water partition coefficient (Wildman–Crippen LogP) is 4.51. The second-order valence-electron chi connectivity index (χ2n) is 5.61. The zero-order valence-electron chi connectivity index (χ0n) is 12.9. The molecule has 114 valence electrons. The highest BCUT2D eigenvalue weighted by molar-refractivity contribution is 6.24. The Morgan fingerprint density at radius 1 is 0.750 bits per heavy atom. The number of nitrogens with zero attached hydrogens (tertiary/aromatic N) is 2. The molecule has 0 atom stereocenters. The van der Waals surface area contributed by atoms with Gasteiger partial charge in [-0.3, -0.25) is 0 Å². The van der Waals surface area contributed by atoms with Crippen molar-refractivity contribution in [2.75, 3.05) is 0 Å². The Labute approximate surface area is 140 Å². The Kier molecular flexibility index (Phi) is 3.57. The van der Waals surface area contributed by atoms with Crippen LogP contribution in [0.3, 0.4) is 0 Å². The summed E-state index contributed by atoms with van der Waals surface area (Å²) in [6.07, 6.45) is 0. The molecule has 1 aliphatic carbocycles. The van der Waals surface area contributed by atoms with Gasteiger partial charge >= 0.3 is 0 Å². The van der Waals surface area contributed by atoms with Gasteiger partial charge in [-0.2, -0.15) is 5.26 Å². The van der Waals surface area contributed by atoms with Crippen LogP contribution in [0.2, 0.25) is 0 Å². The van der Waals surface area contributed by atoms with Gasteiger partial charge in [-0.25, -0.2) is 0 Å². The maximum atomic E-state index is 8.83. The maximum Gasteiger partial charge on any atom is 0.142 e. The van der Waals surface area contributed by atoms with Crippen LogP contribution in [0.5, 0.6) is 0 Å². The molecule has 0 radical (unpaired) electrons. The summed E-state index contributed by atoms with van der Waals surface area (Å²) in [7, 11) is 0. The SMILES string of the molecule is N#Cc1ccc(CON=C2c3ccccc3-c3ccccc32)cc1.